The van der Waals surface area contributed by atoms with Gasteiger partial charge in [-0.1, -0.05) is 36.4 Å². The molecule has 1 fully saturated rings. The number of aliphatic carboxylic acids is 1. The molecule has 3 N–H and O–H groups in total. The van der Waals surface area contributed by atoms with Crippen molar-refractivity contribution in [1.82, 2.24) is 5.32 Å². The Balaban J connectivity index is 1.55. The van der Waals surface area contributed by atoms with Crippen LogP contribution in [0.5, 0.6) is 5.75 Å². The molecule has 0 aromatic heterocycles. The summed E-state index contributed by atoms with van der Waals surface area (Å²) in [6.07, 6.45) is 1.61. The van der Waals surface area contributed by atoms with Crippen LogP contribution in [0.25, 0.3) is 0 Å². The molecule has 0 bridgehead atoms. The van der Waals surface area contributed by atoms with Crippen LogP contribution < -0.4 is 15.4 Å². The molecule has 2 aromatic rings. The van der Waals surface area contributed by atoms with Crippen molar-refractivity contribution >= 4 is 23.5 Å². The molecular weight excluding hydrogens is 360 g/mol. The van der Waals surface area contributed by atoms with Crippen molar-refractivity contribution in [3.05, 3.63) is 60.2 Å². The van der Waals surface area contributed by atoms with Gasteiger partial charge >= 0.3 is 5.97 Å². The number of carboxylic acids is 1. The van der Waals surface area contributed by atoms with Gasteiger partial charge in [0.1, 0.15) is 5.75 Å². The Kier molecular flexibility index (Phi) is 6.26. The number of rotatable bonds is 9. The van der Waals surface area contributed by atoms with E-state index in [-0.39, 0.29) is 24.9 Å². The van der Waals surface area contributed by atoms with E-state index in [2.05, 4.69) is 10.6 Å². The highest BCUT2D eigenvalue weighted by molar-refractivity contribution is 5.94. The number of carbonyl (C=O) groups excluding carboxylic acids is 2. The van der Waals surface area contributed by atoms with Crippen molar-refractivity contribution in [3.8, 4) is 5.75 Å². The fourth-order valence-electron chi connectivity index (χ4n) is 2.75. The first kappa shape index (κ1) is 19.4. The third kappa shape index (κ3) is 5.84. The molecule has 2 aromatic carbocycles. The van der Waals surface area contributed by atoms with Gasteiger partial charge in [-0.05, 0) is 30.5 Å². The first-order valence-electron chi connectivity index (χ1n) is 9.11. The van der Waals surface area contributed by atoms with Crippen molar-refractivity contribution in [1.29, 1.82) is 0 Å². The molecule has 3 rings (SSSR count). The van der Waals surface area contributed by atoms with E-state index in [1.165, 1.54) is 0 Å². The molecule has 1 aliphatic rings. The second kappa shape index (κ2) is 9.03. The molecule has 1 atom stereocenters. The zero-order chi connectivity index (χ0) is 19.9. The van der Waals surface area contributed by atoms with Crippen LogP contribution in [0.3, 0.4) is 0 Å². The van der Waals surface area contributed by atoms with E-state index in [9.17, 15) is 14.4 Å². The third-order valence-electron chi connectivity index (χ3n) is 4.34. The van der Waals surface area contributed by atoms with Gasteiger partial charge in [-0.25, -0.2) is 0 Å². The van der Waals surface area contributed by atoms with Gasteiger partial charge < -0.3 is 20.5 Å². The SMILES string of the molecule is O=C(O)CC(NC(=O)COc1cccc(NC(=O)C2CC2)c1)c1ccccc1. The van der Waals surface area contributed by atoms with Crippen LogP contribution >= 0.6 is 0 Å². The second-order valence-electron chi connectivity index (χ2n) is 6.71. The van der Waals surface area contributed by atoms with Crippen LogP contribution in [-0.2, 0) is 14.4 Å². The Bertz CT molecular complexity index is 849. The predicted molar refractivity (Wildman–Crippen MR) is 103 cm³/mol. The number of ether oxygens (including phenoxy) is 1. The molecule has 1 aliphatic carbocycles. The fraction of sp³-hybridized carbons (Fsp3) is 0.286. The first-order valence-corrected chi connectivity index (χ1v) is 9.11. The molecule has 7 nitrogen and oxygen atoms in total. The van der Waals surface area contributed by atoms with Crippen LogP contribution in [0, 0.1) is 5.92 Å². The van der Waals surface area contributed by atoms with Gasteiger partial charge in [0, 0.05) is 17.7 Å². The Morgan fingerprint density at radius 2 is 1.82 bits per heavy atom. The Morgan fingerprint density at radius 1 is 1.07 bits per heavy atom. The number of hydrogen-bond acceptors (Lipinski definition) is 4. The van der Waals surface area contributed by atoms with E-state index in [0.717, 1.165) is 12.8 Å². The molecule has 0 aliphatic heterocycles. The van der Waals surface area contributed by atoms with Gasteiger partial charge in [0.2, 0.25) is 5.91 Å². The van der Waals surface area contributed by atoms with Crippen molar-refractivity contribution in [2.45, 2.75) is 25.3 Å². The number of carboxylic acid groups (broad SMARTS) is 1. The summed E-state index contributed by atoms with van der Waals surface area (Å²) in [6.45, 7) is -0.261. The van der Waals surface area contributed by atoms with E-state index < -0.39 is 17.9 Å². The number of carbonyl (C=O) groups is 3. The number of nitrogens with one attached hydrogen (secondary N) is 2. The van der Waals surface area contributed by atoms with Gasteiger partial charge in [-0.2, -0.15) is 0 Å². The van der Waals surface area contributed by atoms with Gasteiger partial charge in [0.15, 0.2) is 6.61 Å². The topological polar surface area (TPSA) is 105 Å². The van der Waals surface area contributed by atoms with E-state index in [1.807, 2.05) is 6.07 Å². The lowest BCUT2D eigenvalue weighted by Crippen LogP contribution is -2.33. The maximum Gasteiger partial charge on any atom is 0.305 e. The monoisotopic (exact) mass is 382 g/mol. The molecule has 0 saturated heterocycles. The fourth-order valence-corrected chi connectivity index (χ4v) is 2.75. The summed E-state index contributed by atoms with van der Waals surface area (Å²) in [6, 6.07) is 15.1. The lowest BCUT2D eigenvalue weighted by Gasteiger charge is -2.17. The number of amides is 2. The maximum absolute atomic E-state index is 12.2. The van der Waals surface area contributed by atoms with Crippen molar-refractivity contribution in [2.75, 3.05) is 11.9 Å². The summed E-state index contributed by atoms with van der Waals surface area (Å²) in [5, 5.41) is 14.6. The minimum Gasteiger partial charge on any atom is -0.484 e. The number of anilines is 1. The van der Waals surface area contributed by atoms with Crippen molar-refractivity contribution in [3.63, 3.8) is 0 Å². The first-order chi connectivity index (χ1) is 13.5. The normalized spacial score (nSPS) is 14.0. The van der Waals surface area contributed by atoms with Gasteiger partial charge in [0.05, 0.1) is 12.5 Å². The lowest BCUT2D eigenvalue weighted by molar-refractivity contribution is -0.137. The van der Waals surface area contributed by atoms with E-state index in [1.54, 1.807) is 48.5 Å². The number of benzene rings is 2. The molecule has 1 saturated carbocycles. The van der Waals surface area contributed by atoms with E-state index >= 15 is 0 Å². The highest BCUT2D eigenvalue weighted by atomic mass is 16.5. The highest BCUT2D eigenvalue weighted by Gasteiger charge is 2.29. The summed E-state index contributed by atoms with van der Waals surface area (Å²) < 4.78 is 5.50. The van der Waals surface area contributed by atoms with E-state index in [4.69, 9.17) is 9.84 Å². The summed E-state index contributed by atoms with van der Waals surface area (Å²) in [5.74, 6) is -0.899. The lowest BCUT2D eigenvalue weighted by atomic mass is 10.0. The van der Waals surface area contributed by atoms with Crippen LogP contribution in [0.1, 0.15) is 30.9 Å². The molecular formula is C21H22N2O5. The van der Waals surface area contributed by atoms with Crippen LogP contribution in [0.2, 0.25) is 0 Å². The van der Waals surface area contributed by atoms with Gasteiger partial charge in [-0.3, -0.25) is 14.4 Å². The molecule has 146 valence electrons. The molecule has 0 radical (unpaired) electrons. The third-order valence-corrected chi connectivity index (χ3v) is 4.34. The van der Waals surface area contributed by atoms with Crippen LogP contribution in [0.15, 0.2) is 54.6 Å². The zero-order valence-corrected chi connectivity index (χ0v) is 15.3. The summed E-state index contributed by atoms with van der Waals surface area (Å²) in [7, 11) is 0. The summed E-state index contributed by atoms with van der Waals surface area (Å²) in [4.78, 5) is 35.2. The molecule has 28 heavy (non-hydrogen) atoms. The molecule has 1 unspecified atom stereocenters. The average molecular weight is 382 g/mol. The maximum atomic E-state index is 12.2. The predicted octanol–water partition coefficient (Wildman–Crippen LogP) is 2.75. The summed E-state index contributed by atoms with van der Waals surface area (Å²) >= 11 is 0. The minimum absolute atomic E-state index is 0.00531. The average Bonchev–Trinajstić information content (AvgIpc) is 3.52. The molecule has 2 amide bonds. The van der Waals surface area contributed by atoms with Gasteiger partial charge in [0.25, 0.3) is 5.91 Å². The zero-order valence-electron chi connectivity index (χ0n) is 15.3. The van der Waals surface area contributed by atoms with Crippen molar-refractivity contribution < 1.29 is 24.2 Å². The van der Waals surface area contributed by atoms with Gasteiger partial charge in [-0.15, -0.1) is 0 Å². The smallest absolute Gasteiger partial charge is 0.305 e. The summed E-state index contributed by atoms with van der Waals surface area (Å²) in [5.41, 5.74) is 1.32. The quantitative estimate of drug-likeness (QED) is 0.619. The molecule has 7 heteroatoms. The largest absolute Gasteiger partial charge is 0.484 e. The number of hydrogen-bond donors (Lipinski definition) is 3. The van der Waals surface area contributed by atoms with Crippen LogP contribution in [0.4, 0.5) is 5.69 Å². The Labute approximate surface area is 162 Å². The molecule has 0 spiro atoms. The van der Waals surface area contributed by atoms with Crippen LogP contribution in [-0.4, -0.2) is 29.5 Å². The van der Waals surface area contributed by atoms with Crippen molar-refractivity contribution in [2.24, 2.45) is 5.92 Å². The second-order valence-corrected chi connectivity index (χ2v) is 6.71. The Morgan fingerprint density at radius 3 is 2.50 bits per heavy atom. The standard InChI is InChI=1S/C21H22N2O5/c24-19(23-18(12-20(25)26)14-5-2-1-3-6-14)13-28-17-8-4-7-16(11-17)22-21(27)15-9-10-15/h1-8,11,15,18H,9-10,12-13H2,(H,22,27)(H,23,24)(H,25,26). The highest BCUT2D eigenvalue weighted by Crippen LogP contribution is 2.30. The Hall–Kier alpha value is -3.35. The van der Waals surface area contributed by atoms with E-state index in [0.29, 0.717) is 17.0 Å². The molecule has 0 heterocycles. The minimum atomic E-state index is -1.01.